The van der Waals surface area contributed by atoms with Crippen molar-refractivity contribution in [2.75, 3.05) is 5.73 Å². The third kappa shape index (κ3) is 3.49. The van der Waals surface area contributed by atoms with Crippen LogP contribution in [0.3, 0.4) is 0 Å². The number of halogens is 2. The normalized spacial score (nSPS) is 10.7. The quantitative estimate of drug-likeness (QED) is 0.876. The number of anilines is 1. The number of nitrogens with two attached hydrogens (primary N) is 1. The minimum absolute atomic E-state index is 0.00204. The lowest BCUT2D eigenvalue weighted by Crippen LogP contribution is -2.16. The van der Waals surface area contributed by atoms with E-state index in [4.69, 9.17) is 33.7 Å². The molecule has 0 saturated heterocycles. The molecule has 1 heterocycles. The molecule has 0 saturated carbocycles. The predicted octanol–water partition coefficient (Wildman–Crippen LogP) is 3.13. The van der Waals surface area contributed by atoms with Crippen LogP contribution in [0.4, 0.5) is 5.69 Å². The Morgan fingerprint density at radius 3 is 2.71 bits per heavy atom. The Hall–Kier alpha value is -1.72. The van der Waals surface area contributed by atoms with Gasteiger partial charge in [0.25, 0.3) is 0 Å². The minimum Gasteiger partial charge on any atom is -0.459 e. The van der Waals surface area contributed by atoms with Crippen molar-refractivity contribution in [1.29, 1.82) is 0 Å². The fourth-order valence-corrected chi connectivity index (χ4v) is 2.23. The van der Waals surface area contributed by atoms with E-state index < -0.39 is 5.97 Å². The van der Waals surface area contributed by atoms with Crippen molar-refractivity contribution in [3.05, 3.63) is 45.2 Å². The number of hydrogen-bond acceptors (Lipinski definition) is 4. The Kier molecular flexibility index (Phi) is 4.75. The molecule has 0 radical (unpaired) electrons. The number of aromatic nitrogens is 2. The first-order valence-electron chi connectivity index (χ1n) is 6.28. The zero-order valence-electron chi connectivity index (χ0n) is 11.7. The van der Waals surface area contributed by atoms with Crippen molar-refractivity contribution in [3.63, 3.8) is 0 Å². The summed E-state index contributed by atoms with van der Waals surface area (Å²) in [5.74, 6) is -0.420. The largest absolute Gasteiger partial charge is 0.459 e. The van der Waals surface area contributed by atoms with Crippen molar-refractivity contribution in [1.82, 2.24) is 9.78 Å². The summed E-state index contributed by atoms with van der Waals surface area (Å²) in [6, 6.07) is 5.18. The number of carbonyl (C=O) groups excluding carboxylic acids is 1. The van der Waals surface area contributed by atoms with E-state index in [1.54, 1.807) is 32.0 Å². The number of aryl methyl sites for hydroxylation is 1. The lowest BCUT2D eigenvalue weighted by molar-refractivity contribution is -0.145. The first-order valence-corrected chi connectivity index (χ1v) is 7.03. The average Bonchev–Trinajstić information content (AvgIpc) is 2.68. The van der Waals surface area contributed by atoms with Crippen molar-refractivity contribution in [2.24, 2.45) is 0 Å². The SMILES string of the molecule is Cc1nn(CC(=O)OCc2cccc(Cl)c2Cl)c(C)c1N. The van der Waals surface area contributed by atoms with E-state index in [1.165, 1.54) is 4.68 Å². The van der Waals surface area contributed by atoms with Crippen molar-refractivity contribution in [3.8, 4) is 0 Å². The second-order valence-corrected chi connectivity index (χ2v) is 5.40. The van der Waals surface area contributed by atoms with Crippen LogP contribution in [0.25, 0.3) is 0 Å². The molecule has 21 heavy (non-hydrogen) atoms. The standard InChI is InChI=1S/C14H15Cl2N3O2/c1-8-14(17)9(2)19(18-8)6-12(20)21-7-10-4-3-5-11(15)13(10)16/h3-5H,6-7,17H2,1-2H3. The predicted molar refractivity (Wildman–Crippen MR) is 82.4 cm³/mol. The Labute approximate surface area is 132 Å². The topological polar surface area (TPSA) is 70.1 Å². The van der Waals surface area contributed by atoms with E-state index in [1.807, 2.05) is 0 Å². The van der Waals surface area contributed by atoms with Crippen molar-refractivity contribution < 1.29 is 9.53 Å². The number of benzene rings is 1. The zero-order chi connectivity index (χ0) is 15.6. The molecule has 0 fully saturated rings. The lowest BCUT2D eigenvalue weighted by Gasteiger charge is -2.08. The molecule has 5 nitrogen and oxygen atoms in total. The summed E-state index contributed by atoms with van der Waals surface area (Å²) < 4.78 is 6.71. The highest BCUT2D eigenvalue weighted by atomic mass is 35.5. The monoisotopic (exact) mass is 327 g/mol. The van der Waals surface area contributed by atoms with E-state index in [2.05, 4.69) is 5.10 Å². The van der Waals surface area contributed by atoms with Crippen LogP contribution in [0.5, 0.6) is 0 Å². The van der Waals surface area contributed by atoms with E-state index in [9.17, 15) is 4.79 Å². The summed E-state index contributed by atoms with van der Waals surface area (Å²) in [6.07, 6.45) is 0. The molecule has 2 aromatic rings. The summed E-state index contributed by atoms with van der Waals surface area (Å²) in [5.41, 5.74) is 8.49. The molecule has 0 bridgehead atoms. The van der Waals surface area contributed by atoms with E-state index >= 15 is 0 Å². The Bertz CT molecular complexity index is 683. The molecular formula is C14H15Cl2N3O2. The maximum atomic E-state index is 11.9. The van der Waals surface area contributed by atoms with Gasteiger partial charge in [-0.25, -0.2) is 0 Å². The number of rotatable bonds is 4. The van der Waals surface area contributed by atoms with Gasteiger partial charge in [0.2, 0.25) is 0 Å². The second-order valence-electron chi connectivity index (χ2n) is 4.62. The molecule has 2 N–H and O–H groups in total. The van der Waals surface area contributed by atoms with Crippen LogP contribution in [-0.4, -0.2) is 15.7 Å². The van der Waals surface area contributed by atoms with Crippen LogP contribution in [0, 0.1) is 13.8 Å². The summed E-state index contributed by atoms with van der Waals surface area (Å²) in [6.45, 7) is 3.65. The molecule has 7 heteroatoms. The van der Waals surface area contributed by atoms with Gasteiger partial charge >= 0.3 is 5.97 Å². The second kappa shape index (κ2) is 6.37. The van der Waals surface area contributed by atoms with E-state index in [-0.39, 0.29) is 13.2 Å². The molecule has 0 amide bonds. The molecule has 1 aromatic carbocycles. The number of esters is 1. The van der Waals surface area contributed by atoms with Gasteiger partial charge in [-0.1, -0.05) is 35.3 Å². The minimum atomic E-state index is -0.420. The van der Waals surface area contributed by atoms with Gasteiger partial charge in [0.05, 0.1) is 27.1 Å². The van der Waals surface area contributed by atoms with Gasteiger partial charge in [-0.15, -0.1) is 0 Å². The number of nitrogen functional groups attached to an aromatic ring is 1. The first-order chi connectivity index (χ1) is 9.90. The molecule has 0 aliphatic rings. The number of carbonyl (C=O) groups is 1. The first kappa shape index (κ1) is 15.7. The maximum absolute atomic E-state index is 11.9. The van der Waals surface area contributed by atoms with Crippen LogP contribution in [-0.2, 0) is 22.7 Å². The molecule has 0 atom stereocenters. The summed E-state index contributed by atoms with van der Waals surface area (Å²) >= 11 is 11.9. The van der Waals surface area contributed by atoms with Crippen molar-refractivity contribution >= 4 is 34.9 Å². The lowest BCUT2D eigenvalue weighted by atomic mass is 10.2. The van der Waals surface area contributed by atoms with Crippen molar-refractivity contribution in [2.45, 2.75) is 27.0 Å². The average molecular weight is 328 g/mol. The Morgan fingerprint density at radius 2 is 2.10 bits per heavy atom. The molecule has 2 rings (SSSR count). The summed E-state index contributed by atoms with van der Waals surface area (Å²) in [5, 5.41) is 5.00. The third-order valence-electron chi connectivity index (χ3n) is 3.14. The smallest absolute Gasteiger partial charge is 0.328 e. The Balaban J connectivity index is 1.99. The number of nitrogens with zero attached hydrogens (tertiary/aromatic N) is 2. The molecule has 0 aliphatic heterocycles. The van der Waals surface area contributed by atoms with Gasteiger partial charge in [-0.3, -0.25) is 9.48 Å². The van der Waals surface area contributed by atoms with Gasteiger partial charge < -0.3 is 10.5 Å². The number of ether oxygens (including phenoxy) is 1. The van der Waals surface area contributed by atoms with Gasteiger partial charge in [-0.05, 0) is 19.9 Å². The zero-order valence-corrected chi connectivity index (χ0v) is 13.2. The Morgan fingerprint density at radius 1 is 1.38 bits per heavy atom. The molecule has 112 valence electrons. The van der Waals surface area contributed by atoms with Gasteiger partial charge in [0.1, 0.15) is 13.2 Å². The van der Waals surface area contributed by atoms with E-state index in [0.717, 1.165) is 5.69 Å². The fourth-order valence-electron chi connectivity index (χ4n) is 1.85. The third-order valence-corrected chi connectivity index (χ3v) is 3.99. The van der Waals surface area contributed by atoms with Gasteiger partial charge in [-0.2, -0.15) is 5.10 Å². The highest BCUT2D eigenvalue weighted by molar-refractivity contribution is 6.42. The van der Waals surface area contributed by atoms with Crippen LogP contribution in [0.1, 0.15) is 17.0 Å². The van der Waals surface area contributed by atoms with Crippen LogP contribution < -0.4 is 5.73 Å². The molecule has 1 aromatic heterocycles. The highest BCUT2D eigenvalue weighted by Crippen LogP contribution is 2.26. The molecular weight excluding hydrogens is 313 g/mol. The van der Waals surface area contributed by atoms with Crippen LogP contribution >= 0.6 is 23.2 Å². The summed E-state index contributed by atoms with van der Waals surface area (Å²) in [4.78, 5) is 11.9. The number of hydrogen-bond donors (Lipinski definition) is 1. The molecule has 0 aliphatic carbocycles. The fraction of sp³-hybridized carbons (Fsp3) is 0.286. The van der Waals surface area contributed by atoms with Crippen LogP contribution in [0.2, 0.25) is 10.0 Å². The molecule has 0 spiro atoms. The molecule has 0 unspecified atom stereocenters. The van der Waals surface area contributed by atoms with Gasteiger partial charge in [0, 0.05) is 5.56 Å². The maximum Gasteiger partial charge on any atom is 0.328 e. The highest BCUT2D eigenvalue weighted by Gasteiger charge is 2.13. The summed E-state index contributed by atoms with van der Waals surface area (Å²) in [7, 11) is 0. The van der Waals surface area contributed by atoms with Crippen LogP contribution in [0.15, 0.2) is 18.2 Å². The van der Waals surface area contributed by atoms with E-state index in [0.29, 0.717) is 27.0 Å². The van der Waals surface area contributed by atoms with Gasteiger partial charge in [0.15, 0.2) is 0 Å².